The molecule has 12 heteroatoms. The van der Waals surface area contributed by atoms with Gasteiger partial charge in [0.25, 0.3) is 5.91 Å². The standard InChI is InChI=1S/C22H23F2N5O4S/c1-29-13-26-28-22(29)34-12-19(30)27-16-5-3-4-15(11-16)20(31)25-9-8-14-6-7-17(33-21(23)24)18(10-14)32-2/h3-7,10-11,13,21H,8-9,12H2,1-2H3,(H,25,31)(H,27,30). The molecular formula is C22H23F2N5O4S. The van der Waals surface area contributed by atoms with Crippen molar-refractivity contribution in [2.24, 2.45) is 7.05 Å². The molecule has 0 aliphatic carbocycles. The van der Waals surface area contributed by atoms with E-state index < -0.39 is 6.61 Å². The molecule has 180 valence electrons. The minimum absolute atomic E-state index is 0.0564. The van der Waals surface area contributed by atoms with E-state index in [1.165, 1.54) is 24.9 Å². The van der Waals surface area contributed by atoms with Gasteiger partial charge in [-0.3, -0.25) is 9.59 Å². The summed E-state index contributed by atoms with van der Waals surface area (Å²) in [6.07, 6.45) is 2.00. The number of hydrogen-bond donors (Lipinski definition) is 2. The maximum absolute atomic E-state index is 12.5. The minimum atomic E-state index is -2.95. The summed E-state index contributed by atoms with van der Waals surface area (Å²) < 4.78 is 36.1. The number of nitrogens with one attached hydrogen (secondary N) is 2. The van der Waals surface area contributed by atoms with E-state index in [1.54, 1.807) is 54.3 Å². The van der Waals surface area contributed by atoms with Gasteiger partial charge >= 0.3 is 6.61 Å². The molecule has 3 rings (SSSR count). The largest absolute Gasteiger partial charge is 0.493 e. The maximum atomic E-state index is 12.5. The first-order chi connectivity index (χ1) is 16.4. The Bertz CT molecular complexity index is 1140. The van der Waals surface area contributed by atoms with Gasteiger partial charge < -0.3 is 24.7 Å². The molecule has 0 aliphatic heterocycles. The Labute approximate surface area is 198 Å². The Morgan fingerprint density at radius 2 is 2.00 bits per heavy atom. The zero-order valence-corrected chi connectivity index (χ0v) is 19.3. The van der Waals surface area contributed by atoms with Gasteiger partial charge in [0.15, 0.2) is 16.7 Å². The minimum Gasteiger partial charge on any atom is -0.493 e. The highest BCUT2D eigenvalue weighted by Crippen LogP contribution is 2.29. The molecule has 0 saturated heterocycles. The lowest BCUT2D eigenvalue weighted by molar-refractivity contribution is -0.113. The van der Waals surface area contributed by atoms with Gasteiger partial charge in [-0.25, -0.2) is 0 Å². The van der Waals surface area contributed by atoms with Gasteiger partial charge in [0.1, 0.15) is 6.33 Å². The molecule has 1 heterocycles. The first kappa shape index (κ1) is 25.0. The number of alkyl halides is 2. The normalized spacial score (nSPS) is 10.7. The number of hydrogen-bond acceptors (Lipinski definition) is 7. The Balaban J connectivity index is 1.50. The number of thioether (sulfide) groups is 1. The molecule has 0 fully saturated rings. The van der Waals surface area contributed by atoms with E-state index in [4.69, 9.17) is 4.74 Å². The topological polar surface area (TPSA) is 107 Å². The van der Waals surface area contributed by atoms with E-state index in [2.05, 4.69) is 25.6 Å². The van der Waals surface area contributed by atoms with E-state index in [9.17, 15) is 18.4 Å². The third-order valence-electron chi connectivity index (χ3n) is 4.55. The van der Waals surface area contributed by atoms with Crippen LogP contribution in [0, 0.1) is 0 Å². The number of methoxy groups -OCH3 is 1. The smallest absolute Gasteiger partial charge is 0.387 e. The predicted molar refractivity (Wildman–Crippen MR) is 122 cm³/mol. The van der Waals surface area contributed by atoms with Crippen LogP contribution >= 0.6 is 11.8 Å². The summed E-state index contributed by atoms with van der Waals surface area (Å²) in [5, 5.41) is 13.8. The van der Waals surface area contributed by atoms with Crippen LogP contribution in [0.2, 0.25) is 0 Å². The highest BCUT2D eigenvalue weighted by molar-refractivity contribution is 7.99. The number of carbonyl (C=O) groups is 2. The van der Waals surface area contributed by atoms with Gasteiger partial charge in [-0.2, -0.15) is 8.78 Å². The number of aryl methyl sites for hydroxylation is 1. The van der Waals surface area contributed by atoms with Gasteiger partial charge in [0, 0.05) is 24.8 Å². The Morgan fingerprint density at radius 3 is 2.71 bits per heavy atom. The van der Waals surface area contributed by atoms with Crippen molar-refractivity contribution in [1.29, 1.82) is 0 Å². The zero-order chi connectivity index (χ0) is 24.5. The van der Waals surface area contributed by atoms with Crippen LogP contribution in [0.5, 0.6) is 11.5 Å². The predicted octanol–water partition coefficient (Wildman–Crippen LogP) is 3.13. The van der Waals surface area contributed by atoms with Crippen molar-refractivity contribution in [1.82, 2.24) is 20.1 Å². The molecule has 0 spiro atoms. The molecule has 34 heavy (non-hydrogen) atoms. The first-order valence-electron chi connectivity index (χ1n) is 10.1. The van der Waals surface area contributed by atoms with Crippen LogP contribution < -0.4 is 20.1 Å². The van der Waals surface area contributed by atoms with Gasteiger partial charge in [0.05, 0.1) is 12.9 Å². The lowest BCUT2D eigenvalue weighted by Crippen LogP contribution is -2.26. The number of aromatic nitrogens is 3. The average Bonchev–Trinajstić information content (AvgIpc) is 3.23. The molecule has 0 radical (unpaired) electrons. The Morgan fingerprint density at radius 1 is 1.18 bits per heavy atom. The Kier molecular flexibility index (Phi) is 8.79. The third kappa shape index (κ3) is 7.17. The molecule has 3 aromatic rings. The monoisotopic (exact) mass is 491 g/mol. The number of nitrogens with zero attached hydrogens (tertiary/aromatic N) is 3. The van der Waals surface area contributed by atoms with Crippen molar-refractivity contribution < 1.29 is 27.8 Å². The second-order valence-electron chi connectivity index (χ2n) is 7.01. The van der Waals surface area contributed by atoms with E-state index in [-0.39, 0.29) is 29.1 Å². The number of anilines is 1. The summed E-state index contributed by atoms with van der Waals surface area (Å²) in [6.45, 7) is -2.64. The summed E-state index contributed by atoms with van der Waals surface area (Å²) in [5.41, 5.74) is 1.66. The highest BCUT2D eigenvalue weighted by atomic mass is 32.2. The van der Waals surface area contributed by atoms with Crippen LogP contribution in [0.1, 0.15) is 15.9 Å². The second kappa shape index (κ2) is 12.0. The molecular weight excluding hydrogens is 468 g/mol. The first-order valence-corrected chi connectivity index (χ1v) is 11.1. The van der Waals surface area contributed by atoms with Crippen molar-refractivity contribution in [3.63, 3.8) is 0 Å². The van der Waals surface area contributed by atoms with Crippen LogP contribution in [0.15, 0.2) is 53.9 Å². The molecule has 0 aliphatic rings. The van der Waals surface area contributed by atoms with Crippen molar-refractivity contribution in [2.75, 3.05) is 24.7 Å². The molecule has 0 saturated carbocycles. The number of ether oxygens (including phenoxy) is 2. The fraction of sp³-hybridized carbons (Fsp3) is 0.273. The molecule has 0 unspecified atom stereocenters. The van der Waals surface area contributed by atoms with Gasteiger partial charge in [0.2, 0.25) is 5.91 Å². The lowest BCUT2D eigenvalue weighted by Gasteiger charge is -2.12. The van der Waals surface area contributed by atoms with Crippen molar-refractivity contribution in [3.05, 3.63) is 59.9 Å². The van der Waals surface area contributed by atoms with E-state index in [1.807, 2.05) is 0 Å². The molecule has 2 amide bonds. The van der Waals surface area contributed by atoms with Crippen LogP contribution in [0.4, 0.5) is 14.5 Å². The second-order valence-corrected chi connectivity index (χ2v) is 7.95. The van der Waals surface area contributed by atoms with Crippen molar-refractivity contribution in [2.45, 2.75) is 18.2 Å². The van der Waals surface area contributed by atoms with E-state index >= 15 is 0 Å². The molecule has 9 nitrogen and oxygen atoms in total. The van der Waals surface area contributed by atoms with Crippen LogP contribution in [-0.2, 0) is 18.3 Å². The SMILES string of the molecule is COc1cc(CCNC(=O)c2cccc(NC(=O)CSc3nncn3C)c2)ccc1OC(F)F. The molecule has 1 aromatic heterocycles. The molecule has 0 bridgehead atoms. The van der Waals surface area contributed by atoms with Crippen LogP contribution in [0.3, 0.4) is 0 Å². The third-order valence-corrected chi connectivity index (χ3v) is 5.59. The summed E-state index contributed by atoms with van der Waals surface area (Å²) in [6, 6.07) is 11.2. The fourth-order valence-corrected chi connectivity index (χ4v) is 3.64. The summed E-state index contributed by atoms with van der Waals surface area (Å²) in [4.78, 5) is 24.7. The highest BCUT2D eigenvalue weighted by Gasteiger charge is 2.12. The van der Waals surface area contributed by atoms with E-state index in [0.717, 1.165) is 5.56 Å². The van der Waals surface area contributed by atoms with Crippen LogP contribution in [-0.4, -0.2) is 52.6 Å². The molecule has 2 aromatic carbocycles. The quantitative estimate of drug-likeness (QED) is 0.397. The Hall–Kier alpha value is -3.67. The zero-order valence-electron chi connectivity index (χ0n) is 18.5. The molecule has 2 N–H and O–H groups in total. The summed E-state index contributed by atoms with van der Waals surface area (Å²) in [7, 11) is 3.15. The number of benzene rings is 2. The molecule has 0 atom stereocenters. The average molecular weight is 492 g/mol. The van der Waals surface area contributed by atoms with Crippen LogP contribution in [0.25, 0.3) is 0 Å². The fourth-order valence-electron chi connectivity index (χ4n) is 2.95. The lowest BCUT2D eigenvalue weighted by atomic mass is 10.1. The van der Waals surface area contributed by atoms with E-state index in [0.29, 0.717) is 29.4 Å². The van der Waals surface area contributed by atoms with Gasteiger partial charge in [-0.15, -0.1) is 10.2 Å². The maximum Gasteiger partial charge on any atom is 0.387 e. The number of carbonyl (C=O) groups excluding carboxylic acids is 2. The number of amides is 2. The van der Waals surface area contributed by atoms with Crippen molar-refractivity contribution >= 4 is 29.3 Å². The number of halogens is 2. The summed E-state index contributed by atoms with van der Waals surface area (Å²) in [5.74, 6) is -0.273. The summed E-state index contributed by atoms with van der Waals surface area (Å²) >= 11 is 1.25. The van der Waals surface area contributed by atoms with Gasteiger partial charge in [-0.05, 0) is 42.3 Å². The van der Waals surface area contributed by atoms with Crippen molar-refractivity contribution in [3.8, 4) is 11.5 Å². The van der Waals surface area contributed by atoms with Gasteiger partial charge in [-0.1, -0.05) is 23.9 Å². The number of rotatable bonds is 11.